The van der Waals surface area contributed by atoms with Crippen LogP contribution in [0.2, 0.25) is 0 Å². The highest BCUT2D eigenvalue weighted by atomic mass is 16.5. The fraction of sp³-hybridized carbons (Fsp3) is 0.500. The predicted molar refractivity (Wildman–Crippen MR) is 75.4 cm³/mol. The topological polar surface area (TPSA) is 89.8 Å². The lowest BCUT2D eigenvalue weighted by atomic mass is 10.4. The van der Waals surface area contributed by atoms with Crippen LogP contribution in [0.4, 0.5) is 11.6 Å². The van der Waals surface area contributed by atoms with E-state index in [1.807, 2.05) is 26.2 Å². The smallest absolute Gasteiger partial charge is 0.158 e. The maximum absolute atomic E-state index is 5.33. The van der Waals surface area contributed by atoms with Gasteiger partial charge in [0.2, 0.25) is 0 Å². The van der Waals surface area contributed by atoms with Crippen LogP contribution in [-0.2, 0) is 17.9 Å². The number of ether oxygens (including phenoxy) is 1. The molecule has 2 N–H and O–H groups in total. The summed E-state index contributed by atoms with van der Waals surface area (Å²) in [4.78, 5) is 8.74. The first kappa shape index (κ1) is 14.2. The number of nitrogens with one attached hydrogen (secondary N) is 2. The first-order valence-corrected chi connectivity index (χ1v) is 6.53. The molecule has 0 aliphatic heterocycles. The van der Waals surface area contributed by atoms with Crippen LogP contribution < -0.4 is 10.6 Å². The van der Waals surface area contributed by atoms with Crippen LogP contribution in [0.3, 0.4) is 0 Å². The zero-order valence-corrected chi connectivity index (χ0v) is 11.7. The van der Waals surface area contributed by atoms with E-state index < -0.39 is 0 Å². The van der Waals surface area contributed by atoms with Crippen molar-refractivity contribution in [2.75, 3.05) is 30.8 Å². The van der Waals surface area contributed by atoms with Crippen molar-refractivity contribution in [3.05, 3.63) is 24.3 Å². The van der Waals surface area contributed by atoms with Gasteiger partial charge in [0.05, 0.1) is 12.7 Å². The Bertz CT molecular complexity index is 515. The van der Waals surface area contributed by atoms with Crippen molar-refractivity contribution >= 4 is 11.6 Å². The molecule has 108 valence electrons. The molecule has 0 aromatic carbocycles. The highest BCUT2D eigenvalue weighted by Crippen LogP contribution is 2.11. The second-order valence-electron chi connectivity index (χ2n) is 4.03. The molecule has 8 heteroatoms. The lowest BCUT2D eigenvalue weighted by Crippen LogP contribution is -2.13. The van der Waals surface area contributed by atoms with Gasteiger partial charge in [-0.05, 0) is 6.92 Å². The van der Waals surface area contributed by atoms with Crippen LogP contribution in [0.15, 0.2) is 18.5 Å². The molecule has 2 aromatic heterocycles. The summed E-state index contributed by atoms with van der Waals surface area (Å²) in [6, 6.07) is 1.86. The Kier molecular flexibility index (Phi) is 5.24. The molecule has 8 nitrogen and oxygen atoms in total. The van der Waals surface area contributed by atoms with E-state index in [0.717, 1.165) is 18.2 Å². The van der Waals surface area contributed by atoms with Crippen molar-refractivity contribution in [1.82, 2.24) is 25.0 Å². The summed E-state index contributed by atoms with van der Waals surface area (Å²) < 4.78 is 7.09. The molecule has 0 fully saturated rings. The number of hydrogen-bond donors (Lipinski definition) is 2. The first-order chi connectivity index (χ1) is 9.81. The summed E-state index contributed by atoms with van der Waals surface area (Å²) in [5.41, 5.74) is 0. The molecule has 2 rings (SSSR count). The van der Waals surface area contributed by atoms with Gasteiger partial charge in [-0.1, -0.05) is 5.21 Å². The molecule has 0 aliphatic carbocycles. The van der Waals surface area contributed by atoms with Gasteiger partial charge >= 0.3 is 0 Å². The number of aromatic nitrogens is 5. The normalized spacial score (nSPS) is 10.5. The van der Waals surface area contributed by atoms with Crippen molar-refractivity contribution in [1.29, 1.82) is 0 Å². The standard InChI is InChI=1S/C12H19N7O/c1-3-20-9-12-16-10(13-2)8-11(17-12)14-4-6-19-7-5-15-18-19/h5,7-8H,3-4,6,9H2,1-2H3,(H2,13,14,16,17). The van der Waals surface area contributed by atoms with Crippen molar-refractivity contribution in [2.45, 2.75) is 20.1 Å². The zero-order chi connectivity index (χ0) is 14.2. The van der Waals surface area contributed by atoms with Gasteiger partial charge in [-0.3, -0.25) is 4.68 Å². The van der Waals surface area contributed by atoms with E-state index in [0.29, 0.717) is 25.6 Å². The minimum atomic E-state index is 0.407. The molecule has 0 bridgehead atoms. The van der Waals surface area contributed by atoms with E-state index in [4.69, 9.17) is 4.74 Å². The zero-order valence-electron chi connectivity index (χ0n) is 11.7. The number of nitrogens with zero attached hydrogens (tertiary/aromatic N) is 5. The lowest BCUT2D eigenvalue weighted by Gasteiger charge is -2.09. The van der Waals surface area contributed by atoms with Crippen molar-refractivity contribution in [3.63, 3.8) is 0 Å². The first-order valence-electron chi connectivity index (χ1n) is 6.53. The van der Waals surface area contributed by atoms with Crippen LogP contribution in [0, 0.1) is 0 Å². The highest BCUT2D eigenvalue weighted by Gasteiger charge is 2.04. The quantitative estimate of drug-likeness (QED) is 0.736. The minimum absolute atomic E-state index is 0.407. The van der Waals surface area contributed by atoms with Crippen molar-refractivity contribution in [2.24, 2.45) is 0 Å². The molecule has 0 spiro atoms. The Balaban J connectivity index is 1.94. The van der Waals surface area contributed by atoms with Gasteiger partial charge in [0, 0.05) is 32.5 Å². The molecule has 0 amide bonds. The molecular formula is C12H19N7O. The molecule has 0 saturated heterocycles. The van der Waals surface area contributed by atoms with Crippen LogP contribution in [-0.4, -0.2) is 45.2 Å². The third kappa shape index (κ3) is 4.16. The van der Waals surface area contributed by atoms with Gasteiger partial charge in [-0.15, -0.1) is 5.10 Å². The Morgan fingerprint density at radius 3 is 2.85 bits per heavy atom. The van der Waals surface area contributed by atoms with Crippen molar-refractivity contribution < 1.29 is 4.74 Å². The number of rotatable bonds is 8. The number of hydrogen-bond acceptors (Lipinski definition) is 7. The van der Waals surface area contributed by atoms with Crippen LogP contribution in [0.5, 0.6) is 0 Å². The van der Waals surface area contributed by atoms with Gasteiger partial charge in [0.15, 0.2) is 5.82 Å². The molecule has 0 radical (unpaired) electrons. The van der Waals surface area contributed by atoms with E-state index >= 15 is 0 Å². The Morgan fingerprint density at radius 1 is 1.30 bits per heavy atom. The second-order valence-corrected chi connectivity index (χ2v) is 4.03. The maximum Gasteiger partial charge on any atom is 0.158 e. The van der Waals surface area contributed by atoms with E-state index in [1.165, 1.54) is 0 Å². The molecule has 20 heavy (non-hydrogen) atoms. The maximum atomic E-state index is 5.33. The van der Waals surface area contributed by atoms with Crippen LogP contribution in [0.25, 0.3) is 0 Å². The van der Waals surface area contributed by atoms with Crippen molar-refractivity contribution in [3.8, 4) is 0 Å². The molecular weight excluding hydrogens is 258 g/mol. The highest BCUT2D eigenvalue weighted by molar-refractivity contribution is 5.47. The summed E-state index contributed by atoms with van der Waals surface area (Å²) in [6.45, 7) is 4.42. The minimum Gasteiger partial charge on any atom is -0.374 e. The van der Waals surface area contributed by atoms with E-state index in [1.54, 1.807) is 10.9 Å². The predicted octanol–water partition coefficient (Wildman–Crippen LogP) is 0.758. The molecule has 0 aliphatic rings. The fourth-order valence-corrected chi connectivity index (χ4v) is 1.62. The van der Waals surface area contributed by atoms with Crippen LogP contribution >= 0.6 is 0 Å². The van der Waals surface area contributed by atoms with Gasteiger partial charge < -0.3 is 15.4 Å². The summed E-state index contributed by atoms with van der Waals surface area (Å²) in [7, 11) is 1.83. The average molecular weight is 277 g/mol. The van der Waals surface area contributed by atoms with Gasteiger partial charge in [0.1, 0.15) is 18.2 Å². The third-order valence-corrected chi connectivity index (χ3v) is 2.58. The van der Waals surface area contributed by atoms with E-state index in [9.17, 15) is 0 Å². The summed E-state index contributed by atoms with van der Waals surface area (Å²) in [5.74, 6) is 2.18. The summed E-state index contributed by atoms with van der Waals surface area (Å²) in [5, 5.41) is 13.9. The monoisotopic (exact) mass is 277 g/mol. The average Bonchev–Trinajstić information content (AvgIpc) is 2.98. The van der Waals surface area contributed by atoms with Crippen LogP contribution in [0.1, 0.15) is 12.7 Å². The Morgan fingerprint density at radius 2 is 2.15 bits per heavy atom. The molecule has 0 saturated carbocycles. The summed E-state index contributed by atoms with van der Waals surface area (Å²) >= 11 is 0. The Labute approximate surface area is 117 Å². The fourth-order valence-electron chi connectivity index (χ4n) is 1.62. The molecule has 0 unspecified atom stereocenters. The van der Waals surface area contributed by atoms with E-state index in [-0.39, 0.29) is 0 Å². The molecule has 0 atom stereocenters. The van der Waals surface area contributed by atoms with Gasteiger partial charge in [0.25, 0.3) is 0 Å². The van der Waals surface area contributed by atoms with Gasteiger partial charge in [-0.25, -0.2) is 9.97 Å². The largest absolute Gasteiger partial charge is 0.374 e. The summed E-state index contributed by atoms with van der Waals surface area (Å²) in [6.07, 6.45) is 3.48. The number of anilines is 2. The Hall–Kier alpha value is -2.22. The SMILES string of the molecule is CCOCc1nc(NC)cc(NCCn2ccnn2)n1. The lowest BCUT2D eigenvalue weighted by molar-refractivity contribution is 0.128. The van der Waals surface area contributed by atoms with Gasteiger partial charge in [-0.2, -0.15) is 0 Å². The molecule has 2 heterocycles. The molecule has 2 aromatic rings. The second kappa shape index (κ2) is 7.39. The van der Waals surface area contributed by atoms with E-state index in [2.05, 4.69) is 30.9 Å². The third-order valence-electron chi connectivity index (χ3n) is 2.58.